The number of amides is 3. The van der Waals surface area contributed by atoms with Gasteiger partial charge in [-0.3, -0.25) is 14.4 Å². The molecule has 3 rings (SSSR count). The summed E-state index contributed by atoms with van der Waals surface area (Å²) in [6.45, 7) is 1.96. The lowest BCUT2D eigenvalue weighted by Crippen LogP contribution is -2.32. The molecule has 0 radical (unpaired) electrons. The number of benzene rings is 3. The first-order valence-electron chi connectivity index (χ1n) is 11.1. The topological polar surface area (TPSA) is 127 Å². The molecule has 0 fully saturated rings. The molecule has 0 aromatic heterocycles. The van der Waals surface area contributed by atoms with Gasteiger partial charge in [0.05, 0.1) is 19.9 Å². The Morgan fingerprint density at radius 2 is 1.54 bits per heavy atom. The number of hydrogen-bond acceptors (Lipinski definition) is 7. The summed E-state index contributed by atoms with van der Waals surface area (Å²) in [6, 6.07) is 18.6. The number of halogens is 1. The van der Waals surface area contributed by atoms with E-state index < -0.39 is 11.8 Å². The Morgan fingerprint density at radius 1 is 0.865 bits per heavy atom. The van der Waals surface area contributed by atoms with E-state index in [-0.39, 0.29) is 12.5 Å². The van der Waals surface area contributed by atoms with Crippen molar-refractivity contribution in [2.75, 3.05) is 31.0 Å². The van der Waals surface area contributed by atoms with Gasteiger partial charge in [-0.05, 0) is 79.2 Å². The maximum absolute atomic E-state index is 12.2. The van der Waals surface area contributed by atoms with Crippen molar-refractivity contribution in [1.82, 2.24) is 5.43 Å². The number of nitrogens with zero attached hydrogens (tertiary/aromatic N) is 1. The Hall–Kier alpha value is -4.38. The molecule has 192 valence electrons. The highest BCUT2D eigenvalue weighted by Gasteiger charge is 2.13. The van der Waals surface area contributed by atoms with Crippen molar-refractivity contribution < 1.29 is 28.6 Å². The Bertz CT molecular complexity index is 1260. The predicted molar refractivity (Wildman–Crippen MR) is 143 cm³/mol. The Morgan fingerprint density at radius 3 is 2.22 bits per heavy atom. The average molecular weight is 569 g/mol. The zero-order chi connectivity index (χ0) is 26.6. The number of carbonyl (C=O) groups excluding carboxylic acids is 3. The number of rotatable bonds is 10. The number of anilines is 2. The normalized spacial score (nSPS) is 10.5. The van der Waals surface area contributed by atoms with Crippen LogP contribution >= 0.6 is 15.9 Å². The molecule has 0 heterocycles. The molecule has 0 unspecified atom stereocenters. The van der Waals surface area contributed by atoms with Crippen molar-refractivity contribution in [2.24, 2.45) is 5.10 Å². The lowest BCUT2D eigenvalue weighted by molar-refractivity contribution is -0.136. The van der Waals surface area contributed by atoms with Gasteiger partial charge in [0.25, 0.3) is 5.91 Å². The molecule has 3 amide bonds. The Kier molecular flexibility index (Phi) is 10.0. The van der Waals surface area contributed by atoms with E-state index in [0.29, 0.717) is 40.8 Å². The van der Waals surface area contributed by atoms with Crippen LogP contribution in [0.3, 0.4) is 0 Å². The van der Waals surface area contributed by atoms with Crippen LogP contribution in [0.25, 0.3) is 0 Å². The maximum atomic E-state index is 12.2. The van der Waals surface area contributed by atoms with Crippen molar-refractivity contribution in [3.63, 3.8) is 0 Å². The van der Waals surface area contributed by atoms with Gasteiger partial charge in [0.2, 0.25) is 0 Å². The fraction of sp³-hybridized carbons (Fsp3) is 0.154. The molecule has 0 aliphatic heterocycles. The summed E-state index contributed by atoms with van der Waals surface area (Å²) >= 11 is 3.34. The molecule has 0 aliphatic carbocycles. The van der Waals surface area contributed by atoms with E-state index in [1.807, 2.05) is 19.1 Å². The smallest absolute Gasteiger partial charge is 0.329 e. The standard InChI is InChI=1S/C26H25BrN4O6/c1-3-36-23-14-17(4-13-22(23)37-16-24(32)29-19-7-5-18(27)6-8-19)15-28-31-26(34)25(33)30-20-9-11-21(35-2)12-10-20/h4-15H,3,16H2,1-2H3,(H,29,32)(H,30,33)(H,31,34)/b28-15-. The molecule has 0 atom stereocenters. The van der Waals surface area contributed by atoms with Crippen LogP contribution < -0.4 is 30.3 Å². The minimum atomic E-state index is -0.936. The third-order valence-electron chi connectivity index (χ3n) is 4.69. The van der Waals surface area contributed by atoms with Gasteiger partial charge in [-0.25, -0.2) is 5.43 Å². The highest BCUT2D eigenvalue weighted by molar-refractivity contribution is 9.10. The first-order chi connectivity index (χ1) is 17.9. The van der Waals surface area contributed by atoms with Crippen LogP contribution in [0, 0.1) is 0 Å². The van der Waals surface area contributed by atoms with Crippen LogP contribution in [0.2, 0.25) is 0 Å². The lowest BCUT2D eigenvalue weighted by atomic mass is 10.2. The van der Waals surface area contributed by atoms with Gasteiger partial charge < -0.3 is 24.8 Å². The first-order valence-corrected chi connectivity index (χ1v) is 11.9. The summed E-state index contributed by atoms with van der Waals surface area (Å²) in [5, 5.41) is 9.03. The van der Waals surface area contributed by atoms with Crippen molar-refractivity contribution in [2.45, 2.75) is 6.92 Å². The second-order valence-corrected chi connectivity index (χ2v) is 8.28. The molecule has 0 saturated heterocycles. The van der Waals surface area contributed by atoms with Gasteiger partial charge in [0.15, 0.2) is 18.1 Å². The number of hydrazone groups is 1. The Labute approximate surface area is 222 Å². The maximum Gasteiger partial charge on any atom is 0.329 e. The molecular formula is C26H25BrN4O6. The van der Waals surface area contributed by atoms with E-state index in [4.69, 9.17) is 14.2 Å². The summed E-state index contributed by atoms with van der Waals surface area (Å²) in [5.74, 6) is -0.749. The average Bonchev–Trinajstić information content (AvgIpc) is 2.90. The van der Waals surface area contributed by atoms with Crippen LogP contribution in [0.5, 0.6) is 17.2 Å². The molecule has 10 nitrogen and oxygen atoms in total. The highest BCUT2D eigenvalue weighted by atomic mass is 79.9. The molecule has 3 N–H and O–H groups in total. The fourth-order valence-corrected chi connectivity index (χ4v) is 3.21. The minimum Gasteiger partial charge on any atom is -0.497 e. The molecule has 0 bridgehead atoms. The van der Waals surface area contributed by atoms with E-state index in [1.54, 1.807) is 54.6 Å². The minimum absolute atomic E-state index is 0.219. The monoisotopic (exact) mass is 568 g/mol. The van der Waals surface area contributed by atoms with Gasteiger partial charge >= 0.3 is 11.8 Å². The molecule has 3 aromatic carbocycles. The van der Waals surface area contributed by atoms with Gasteiger partial charge in [-0.2, -0.15) is 5.10 Å². The summed E-state index contributed by atoms with van der Waals surface area (Å²) in [6.07, 6.45) is 1.35. The largest absolute Gasteiger partial charge is 0.497 e. The number of methoxy groups -OCH3 is 1. The van der Waals surface area contributed by atoms with Crippen LogP contribution in [-0.2, 0) is 14.4 Å². The highest BCUT2D eigenvalue weighted by Crippen LogP contribution is 2.28. The van der Waals surface area contributed by atoms with E-state index in [1.165, 1.54) is 13.3 Å². The fourth-order valence-electron chi connectivity index (χ4n) is 2.94. The van der Waals surface area contributed by atoms with Crippen molar-refractivity contribution in [1.29, 1.82) is 0 Å². The van der Waals surface area contributed by atoms with Crippen molar-refractivity contribution in [3.8, 4) is 17.2 Å². The van der Waals surface area contributed by atoms with Crippen molar-refractivity contribution in [3.05, 3.63) is 76.8 Å². The van der Waals surface area contributed by atoms with Crippen LogP contribution in [0.1, 0.15) is 12.5 Å². The number of nitrogens with one attached hydrogen (secondary N) is 3. The van der Waals surface area contributed by atoms with Gasteiger partial charge in [-0.15, -0.1) is 0 Å². The third kappa shape index (κ3) is 8.65. The Balaban J connectivity index is 1.54. The molecule has 0 spiro atoms. The van der Waals surface area contributed by atoms with Gasteiger partial charge in [0.1, 0.15) is 5.75 Å². The van der Waals surface area contributed by atoms with E-state index in [2.05, 4.69) is 37.1 Å². The summed E-state index contributed by atoms with van der Waals surface area (Å²) in [4.78, 5) is 36.3. The van der Waals surface area contributed by atoms with Crippen LogP contribution in [0.4, 0.5) is 11.4 Å². The van der Waals surface area contributed by atoms with Crippen molar-refractivity contribution >= 4 is 51.2 Å². The summed E-state index contributed by atoms with van der Waals surface area (Å²) in [7, 11) is 1.53. The quantitative estimate of drug-likeness (QED) is 0.193. The van der Waals surface area contributed by atoms with Gasteiger partial charge in [0, 0.05) is 15.8 Å². The predicted octanol–water partition coefficient (Wildman–Crippen LogP) is 3.96. The lowest BCUT2D eigenvalue weighted by Gasteiger charge is -2.12. The van der Waals surface area contributed by atoms with Gasteiger partial charge in [-0.1, -0.05) is 15.9 Å². The second kappa shape index (κ2) is 13.6. The van der Waals surface area contributed by atoms with Crippen LogP contribution in [0.15, 0.2) is 76.3 Å². The van der Waals surface area contributed by atoms with Crippen LogP contribution in [-0.4, -0.2) is 44.3 Å². The van der Waals surface area contributed by atoms with E-state index in [9.17, 15) is 14.4 Å². The molecule has 0 aliphatic rings. The van der Waals surface area contributed by atoms with E-state index >= 15 is 0 Å². The zero-order valence-corrected chi connectivity index (χ0v) is 21.7. The molecule has 3 aromatic rings. The molecule has 0 saturated carbocycles. The summed E-state index contributed by atoms with van der Waals surface area (Å²) < 4.78 is 17.2. The van der Waals surface area contributed by atoms with E-state index in [0.717, 1.165) is 4.47 Å². The number of hydrogen-bond donors (Lipinski definition) is 3. The molecule has 11 heteroatoms. The number of ether oxygens (including phenoxy) is 3. The second-order valence-electron chi connectivity index (χ2n) is 7.36. The molecule has 37 heavy (non-hydrogen) atoms. The zero-order valence-electron chi connectivity index (χ0n) is 20.1. The molecular weight excluding hydrogens is 544 g/mol. The third-order valence-corrected chi connectivity index (χ3v) is 5.22. The first kappa shape index (κ1) is 27.2. The number of carbonyl (C=O) groups is 3. The summed E-state index contributed by atoms with van der Waals surface area (Å²) in [5.41, 5.74) is 3.83. The SMILES string of the molecule is CCOc1cc(/C=N\NC(=O)C(=O)Nc2ccc(OC)cc2)ccc1OCC(=O)Nc1ccc(Br)cc1.